The SMILES string of the molecule is Cc1cc(C(=O)CCC(=O)NCc2ccc(CN3CCCCC3)cc2)c(C)s1. The molecule has 4 nitrogen and oxygen atoms in total. The quantitative estimate of drug-likeness (QED) is 0.660. The number of carbonyl (C=O) groups is 2. The first kappa shape index (κ1) is 20.7. The fourth-order valence-corrected chi connectivity index (χ4v) is 4.64. The fourth-order valence-electron chi connectivity index (χ4n) is 3.70. The van der Waals surface area contributed by atoms with Gasteiger partial charge in [-0.05, 0) is 57.0 Å². The average molecular weight is 399 g/mol. The first-order chi connectivity index (χ1) is 13.5. The molecule has 150 valence electrons. The van der Waals surface area contributed by atoms with Crippen molar-refractivity contribution in [3.8, 4) is 0 Å². The fraction of sp³-hybridized carbons (Fsp3) is 0.478. The first-order valence-electron chi connectivity index (χ1n) is 10.2. The molecule has 1 amide bonds. The lowest BCUT2D eigenvalue weighted by Crippen LogP contribution is -2.29. The Morgan fingerprint density at radius 2 is 1.68 bits per heavy atom. The van der Waals surface area contributed by atoms with Crippen LogP contribution in [0.25, 0.3) is 0 Å². The second-order valence-electron chi connectivity index (χ2n) is 7.68. The van der Waals surface area contributed by atoms with Crippen molar-refractivity contribution in [2.75, 3.05) is 13.1 Å². The molecule has 2 aromatic rings. The number of aryl methyl sites for hydroxylation is 2. The molecule has 2 heterocycles. The van der Waals surface area contributed by atoms with Gasteiger partial charge in [-0.25, -0.2) is 0 Å². The Hall–Kier alpha value is -1.98. The van der Waals surface area contributed by atoms with Crippen molar-refractivity contribution in [3.05, 3.63) is 56.8 Å². The number of benzene rings is 1. The summed E-state index contributed by atoms with van der Waals surface area (Å²) in [4.78, 5) is 29.1. The smallest absolute Gasteiger partial charge is 0.220 e. The highest BCUT2D eigenvalue weighted by atomic mass is 32.1. The Kier molecular flexibility index (Phi) is 7.40. The summed E-state index contributed by atoms with van der Waals surface area (Å²) < 4.78 is 0. The number of ketones is 1. The predicted octanol–water partition coefficient (Wildman–Crippen LogP) is 4.63. The van der Waals surface area contributed by atoms with Crippen molar-refractivity contribution < 1.29 is 9.59 Å². The summed E-state index contributed by atoms with van der Waals surface area (Å²) in [6.07, 6.45) is 4.46. The number of amides is 1. The lowest BCUT2D eigenvalue weighted by Gasteiger charge is -2.26. The second-order valence-corrected chi connectivity index (χ2v) is 9.14. The summed E-state index contributed by atoms with van der Waals surface area (Å²) in [6.45, 7) is 7.87. The molecule has 1 fully saturated rings. The highest BCUT2D eigenvalue weighted by molar-refractivity contribution is 7.12. The van der Waals surface area contributed by atoms with Crippen LogP contribution < -0.4 is 5.32 Å². The number of nitrogens with zero attached hydrogens (tertiary/aromatic N) is 1. The van der Waals surface area contributed by atoms with Crippen LogP contribution in [0.2, 0.25) is 0 Å². The van der Waals surface area contributed by atoms with Gasteiger partial charge in [0.1, 0.15) is 0 Å². The van der Waals surface area contributed by atoms with Crippen molar-refractivity contribution >= 4 is 23.0 Å². The third-order valence-electron chi connectivity index (χ3n) is 5.29. The van der Waals surface area contributed by atoms with Crippen molar-refractivity contribution in [2.45, 2.75) is 59.0 Å². The monoisotopic (exact) mass is 398 g/mol. The number of carbonyl (C=O) groups excluding carboxylic acids is 2. The van der Waals surface area contributed by atoms with E-state index in [0.717, 1.165) is 27.4 Å². The van der Waals surface area contributed by atoms with Crippen LogP contribution in [0.4, 0.5) is 0 Å². The number of thiophene rings is 1. The summed E-state index contributed by atoms with van der Waals surface area (Å²) in [5.41, 5.74) is 3.18. The minimum absolute atomic E-state index is 0.0547. The third-order valence-corrected chi connectivity index (χ3v) is 6.25. The van der Waals surface area contributed by atoms with Crippen LogP contribution in [0.1, 0.15) is 63.3 Å². The molecule has 0 aliphatic carbocycles. The molecule has 0 radical (unpaired) electrons. The third kappa shape index (κ3) is 6.01. The number of piperidine rings is 1. The van der Waals surface area contributed by atoms with E-state index in [1.165, 1.54) is 37.9 Å². The van der Waals surface area contributed by atoms with E-state index >= 15 is 0 Å². The number of rotatable bonds is 8. The molecule has 0 unspecified atom stereocenters. The number of nitrogens with one attached hydrogen (secondary N) is 1. The van der Waals surface area contributed by atoms with E-state index in [1.807, 2.05) is 19.9 Å². The molecule has 1 aromatic carbocycles. The van der Waals surface area contributed by atoms with Crippen LogP contribution in [0, 0.1) is 13.8 Å². The van der Waals surface area contributed by atoms with Gasteiger partial charge in [-0.3, -0.25) is 14.5 Å². The zero-order valence-electron chi connectivity index (χ0n) is 16.9. The van der Waals surface area contributed by atoms with E-state index in [0.29, 0.717) is 6.54 Å². The van der Waals surface area contributed by atoms with Crippen molar-refractivity contribution in [2.24, 2.45) is 0 Å². The van der Waals surface area contributed by atoms with Gasteiger partial charge in [0, 0.05) is 41.2 Å². The van der Waals surface area contributed by atoms with Gasteiger partial charge in [-0.15, -0.1) is 11.3 Å². The molecule has 0 saturated carbocycles. The standard InChI is InChI=1S/C23H30N2O2S/c1-17-14-21(18(2)28-17)22(26)10-11-23(27)24-15-19-6-8-20(9-7-19)16-25-12-4-3-5-13-25/h6-9,14H,3-5,10-13,15-16H2,1-2H3,(H,24,27). The first-order valence-corrected chi connectivity index (χ1v) is 11.0. The maximum atomic E-state index is 12.3. The van der Waals surface area contributed by atoms with Crippen LogP contribution in [-0.2, 0) is 17.9 Å². The van der Waals surface area contributed by atoms with Gasteiger partial charge in [0.25, 0.3) is 0 Å². The Morgan fingerprint density at radius 1 is 1.00 bits per heavy atom. The Balaban J connectivity index is 1.40. The summed E-state index contributed by atoms with van der Waals surface area (Å²) in [6, 6.07) is 10.4. The van der Waals surface area contributed by atoms with Crippen molar-refractivity contribution in [3.63, 3.8) is 0 Å². The molecule has 0 atom stereocenters. The highest BCUT2D eigenvalue weighted by Gasteiger charge is 2.14. The van der Waals surface area contributed by atoms with Gasteiger partial charge in [-0.2, -0.15) is 0 Å². The molecule has 0 bridgehead atoms. The average Bonchev–Trinajstić information content (AvgIpc) is 3.04. The Bertz CT molecular complexity index is 805. The van der Waals surface area contributed by atoms with Gasteiger partial charge in [0.05, 0.1) is 0 Å². The number of likely N-dealkylation sites (tertiary alicyclic amines) is 1. The van der Waals surface area contributed by atoms with Gasteiger partial charge < -0.3 is 5.32 Å². The predicted molar refractivity (Wildman–Crippen MR) is 115 cm³/mol. The zero-order valence-corrected chi connectivity index (χ0v) is 17.7. The molecule has 0 spiro atoms. The summed E-state index contributed by atoms with van der Waals surface area (Å²) >= 11 is 1.63. The lowest BCUT2D eigenvalue weighted by molar-refractivity contribution is -0.121. The minimum atomic E-state index is -0.0738. The van der Waals surface area contributed by atoms with E-state index in [4.69, 9.17) is 0 Å². The Morgan fingerprint density at radius 3 is 2.32 bits per heavy atom. The maximum absolute atomic E-state index is 12.3. The summed E-state index contributed by atoms with van der Waals surface area (Å²) in [5, 5.41) is 2.93. The normalized spacial score (nSPS) is 14.8. The van der Waals surface area contributed by atoms with Gasteiger partial charge in [-0.1, -0.05) is 30.7 Å². The van der Waals surface area contributed by atoms with Crippen LogP contribution in [0.5, 0.6) is 0 Å². The lowest BCUT2D eigenvalue weighted by atomic mass is 10.1. The van der Waals surface area contributed by atoms with E-state index in [-0.39, 0.29) is 24.5 Å². The topological polar surface area (TPSA) is 49.4 Å². The zero-order chi connectivity index (χ0) is 19.9. The van der Waals surface area contributed by atoms with Gasteiger partial charge in [0.2, 0.25) is 5.91 Å². The molecule has 5 heteroatoms. The largest absolute Gasteiger partial charge is 0.352 e. The molecule has 1 aliphatic heterocycles. The van der Waals surface area contributed by atoms with E-state index < -0.39 is 0 Å². The summed E-state index contributed by atoms with van der Waals surface area (Å²) in [7, 11) is 0. The molecular formula is C23H30N2O2S. The number of hydrogen-bond acceptors (Lipinski definition) is 4. The van der Waals surface area contributed by atoms with E-state index in [9.17, 15) is 9.59 Å². The minimum Gasteiger partial charge on any atom is -0.352 e. The Labute approximate surface area is 172 Å². The molecule has 28 heavy (non-hydrogen) atoms. The molecule has 1 N–H and O–H groups in total. The van der Waals surface area contributed by atoms with E-state index in [1.54, 1.807) is 11.3 Å². The summed E-state index contributed by atoms with van der Waals surface area (Å²) in [5.74, 6) is -0.0191. The van der Waals surface area contributed by atoms with E-state index in [2.05, 4.69) is 34.5 Å². The van der Waals surface area contributed by atoms with Crippen molar-refractivity contribution in [1.82, 2.24) is 10.2 Å². The number of hydrogen-bond donors (Lipinski definition) is 1. The van der Waals surface area contributed by atoms with Crippen molar-refractivity contribution in [1.29, 1.82) is 0 Å². The van der Waals surface area contributed by atoms with Crippen LogP contribution in [-0.4, -0.2) is 29.7 Å². The van der Waals surface area contributed by atoms with Gasteiger partial charge >= 0.3 is 0 Å². The van der Waals surface area contributed by atoms with Crippen LogP contribution in [0.15, 0.2) is 30.3 Å². The molecule has 3 rings (SSSR count). The highest BCUT2D eigenvalue weighted by Crippen LogP contribution is 2.22. The van der Waals surface area contributed by atoms with Crippen LogP contribution >= 0.6 is 11.3 Å². The molecule has 1 aliphatic rings. The second kappa shape index (κ2) is 9.99. The molecular weight excluding hydrogens is 368 g/mol. The maximum Gasteiger partial charge on any atom is 0.220 e. The van der Waals surface area contributed by atoms with Gasteiger partial charge in [0.15, 0.2) is 5.78 Å². The number of Topliss-reactive ketones (excluding diaryl/α,β-unsaturated/α-hetero) is 1. The molecule has 1 aromatic heterocycles. The molecule has 1 saturated heterocycles. The van der Waals surface area contributed by atoms with Crippen LogP contribution in [0.3, 0.4) is 0 Å².